The van der Waals surface area contributed by atoms with Crippen molar-refractivity contribution in [3.63, 3.8) is 0 Å². The molecule has 0 saturated carbocycles. The highest BCUT2D eigenvalue weighted by molar-refractivity contribution is 7.92. The van der Waals surface area contributed by atoms with Crippen LogP contribution in [0.5, 0.6) is 11.5 Å². The molecule has 0 radical (unpaired) electrons. The SMILES string of the molecule is CCCCNC(=O)[C@@H](CC)N(Cc1ccc(C)cc1)C(=O)CCCN(c1ccc2c(c1)OCO2)S(C)(=O)=O. The van der Waals surface area contributed by atoms with Crippen molar-refractivity contribution in [2.45, 2.75) is 65.5 Å². The van der Waals surface area contributed by atoms with E-state index in [2.05, 4.69) is 12.2 Å². The van der Waals surface area contributed by atoms with E-state index in [-0.39, 0.29) is 31.6 Å². The summed E-state index contributed by atoms with van der Waals surface area (Å²) in [5.41, 5.74) is 2.49. The van der Waals surface area contributed by atoms with Crippen molar-refractivity contribution in [1.29, 1.82) is 0 Å². The normalized spacial score (nSPS) is 13.2. The minimum absolute atomic E-state index is 0.0909. The highest BCUT2D eigenvalue weighted by Crippen LogP contribution is 2.36. The Balaban J connectivity index is 1.74. The van der Waals surface area contributed by atoms with E-state index in [1.54, 1.807) is 23.1 Å². The Hall–Kier alpha value is -3.27. The van der Waals surface area contributed by atoms with Crippen LogP contribution in [0.3, 0.4) is 0 Å². The number of hydrogen-bond donors (Lipinski definition) is 1. The second-order valence-electron chi connectivity index (χ2n) is 9.55. The van der Waals surface area contributed by atoms with E-state index >= 15 is 0 Å². The first-order chi connectivity index (χ1) is 18.1. The van der Waals surface area contributed by atoms with Gasteiger partial charge in [0.25, 0.3) is 0 Å². The molecule has 0 aromatic heterocycles. The van der Waals surface area contributed by atoms with Gasteiger partial charge in [-0.25, -0.2) is 8.42 Å². The first-order valence-corrected chi connectivity index (χ1v) is 15.0. The number of unbranched alkanes of at least 4 members (excludes halogenated alkanes) is 1. The fourth-order valence-electron chi connectivity index (χ4n) is 4.36. The largest absolute Gasteiger partial charge is 0.454 e. The molecule has 0 spiro atoms. The Kier molecular flexibility index (Phi) is 10.4. The van der Waals surface area contributed by atoms with Gasteiger partial charge in [-0.05, 0) is 43.9 Å². The molecule has 0 aliphatic carbocycles. The summed E-state index contributed by atoms with van der Waals surface area (Å²) in [7, 11) is -3.61. The van der Waals surface area contributed by atoms with Gasteiger partial charge in [-0.3, -0.25) is 13.9 Å². The number of ether oxygens (including phenoxy) is 2. The molecule has 208 valence electrons. The van der Waals surface area contributed by atoms with Crippen LogP contribution >= 0.6 is 0 Å². The molecular weight excluding hydrogens is 506 g/mol. The Morgan fingerprint density at radius 1 is 1.03 bits per heavy atom. The molecule has 0 saturated heterocycles. The van der Waals surface area contributed by atoms with Crippen molar-refractivity contribution in [3.8, 4) is 11.5 Å². The lowest BCUT2D eigenvalue weighted by Crippen LogP contribution is -2.49. The topological polar surface area (TPSA) is 105 Å². The van der Waals surface area contributed by atoms with Crippen molar-refractivity contribution in [3.05, 3.63) is 53.6 Å². The van der Waals surface area contributed by atoms with Gasteiger partial charge in [0.15, 0.2) is 11.5 Å². The molecule has 2 amide bonds. The fraction of sp³-hybridized carbons (Fsp3) is 0.500. The molecule has 0 unspecified atom stereocenters. The average Bonchev–Trinajstić information content (AvgIpc) is 3.35. The van der Waals surface area contributed by atoms with Crippen LogP contribution in [-0.4, -0.2) is 57.3 Å². The zero-order valence-corrected chi connectivity index (χ0v) is 23.6. The van der Waals surface area contributed by atoms with E-state index in [0.717, 1.165) is 30.2 Å². The molecule has 1 heterocycles. The van der Waals surface area contributed by atoms with Crippen molar-refractivity contribution < 1.29 is 27.5 Å². The summed E-state index contributed by atoms with van der Waals surface area (Å²) in [6, 6.07) is 12.2. The van der Waals surface area contributed by atoms with Crippen LogP contribution in [0.25, 0.3) is 0 Å². The number of sulfonamides is 1. The van der Waals surface area contributed by atoms with Crippen molar-refractivity contribution in [1.82, 2.24) is 10.2 Å². The first-order valence-electron chi connectivity index (χ1n) is 13.1. The quantitative estimate of drug-likeness (QED) is 0.360. The smallest absolute Gasteiger partial charge is 0.242 e. The third-order valence-electron chi connectivity index (χ3n) is 6.49. The fourth-order valence-corrected chi connectivity index (χ4v) is 5.32. The summed E-state index contributed by atoms with van der Waals surface area (Å²) < 4.78 is 37.2. The van der Waals surface area contributed by atoms with Gasteiger partial charge in [0.2, 0.25) is 28.6 Å². The van der Waals surface area contributed by atoms with Crippen LogP contribution in [-0.2, 0) is 26.2 Å². The Bertz CT molecular complexity index is 1200. The highest BCUT2D eigenvalue weighted by atomic mass is 32.2. The van der Waals surface area contributed by atoms with Crippen molar-refractivity contribution >= 4 is 27.5 Å². The number of carbonyl (C=O) groups is 2. The lowest BCUT2D eigenvalue weighted by molar-refractivity contribution is -0.141. The summed E-state index contributed by atoms with van der Waals surface area (Å²) >= 11 is 0. The summed E-state index contributed by atoms with van der Waals surface area (Å²) in [5, 5.41) is 2.96. The van der Waals surface area contributed by atoms with Crippen LogP contribution in [0.1, 0.15) is 57.1 Å². The highest BCUT2D eigenvalue weighted by Gasteiger charge is 2.29. The Labute approximate surface area is 226 Å². The minimum Gasteiger partial charge on any atom is -0.454 e. The summed E-state index contributed by atoms with van der Waals surface area (Å²) in [5.74, 6) is 0.685. The molecule has 0 fully saturated rings. The number of benzene rings is 2. The van der Waals surface area contributed by atoms with Crippen LogP contribution in [0.15, 0.2) is 42.5 Å². The number of nitrogens with zero attached hydrogens (tertiary/aromatic N) is 2. The number of aryl methyl sites for hydroxylation is 1. The second kappa shape index (κ2) is 13.5. The number of amides is 2. The predicted octanol–water partition coefficient (Wildman–Crippen LogP) is 3.99. The average molecular weight is 546 g/mol. The Morgan fingerprint density at radius 3 is 2.39 bits per heavy atom. The maximum absolute atomic E-state index is 13.5. The standard InChI is InChI=1S/C28H39N3O6S/c1-5-7-16-29-28(33)24(6-2)30(19-22-12-10-21(3)11-13-22)27(32)9-8-17-31(38(4,34)35)23-14-15-25-26(18-23)37-20-36-25/h10-15,18,24H,5-9,16-17,19-20H2,1-4H3,(H,29,33)/t24-/m1/s1. The molecule has 10 heteroatoms. The molecule has 1 atom stereocenters. The molecule has 2 aromatic rings. The molecule has 1 aliphatic rings. The second-order valence-corrected chi connectivity index (χ2v) is 11.5. The zero-order chi connectivity index (χ0) is 27.7. The molecule has 38 heavy (non-hydrogen) atoms. The minimum atomic E-state index is -3.61. The summed E-state index contributed by atoms with van der Waals surface area (Å²) in [6.07, 6.45) is 3.83. The van der Waals surface area contributed by atoms with Crippen LogP contribution in [0, 0.1) is 6.92 Å². The van der Waals surface area contributed by atoms with Gasteiger partial charge in [-0.15, -0.1) is 0 Å². The number of anilines is 1. The zero-order valence-electron chi connectivity index (χ0n) is 22.7. The van der Waals surface area contributed by atoms with E-state index in [1.165, 1.54) is 4.31 Å². The summed E-state index contributed by atoms with van der Waals surface area (Å²) in [6.45, 7) is 7.02. The lowest BCUT2D eigenvalue weighted by atomic mass is 10.1. The van der Waals surface area contributed by atoms with Gasteiger partial charge in [0.05, 0.1) is 11.9 Å². The first kappa shape index (κ1) is 29.3. The maximum Gasteiger partial charge on any atom is 0.242 e. The van der Waals surface area contributed by atoms with E-state index in [4.69, 9.17) is 9.47 Å². The van der Waals surface area contributed by atoms with Gasteiger partial charge in [0, 0.05) is 32.1 Å². The molecule has 1 N–H and O–H groups in total. The monoisotopic (exact) mass is 545 g/mol. The molecule has 2 aromatic carbocycles. The number of fused-ring (bicyclic) bond motifs is 1. The molecule has 0 bridgehead atoms. The van der Waals surface area contributed by atoms with Gasteiger partial charge < -0.3 is 19.7 Å². The summed E-state index contributed by atoms with van der Waals surface area (Å²) in [4.78, 5) is 28.2. The number of carbonyl (C=O) groups excluding carboxylic acids is 2. The third-order valence-corrected chi connectivity index (χ3v) is 7.68. The van der Waals surface area contributed by atoms with Gasteiger partial charge in [-0.1, -0.05) is 50.1 Å². The van der Waals surface area contributed by atoms with Crippen molar-refractivity contribution in [2.24, 2.45) is 0 Å². The number of hydrogen-bond acceptors (Lipinski definition) is 6. The Morgan fingerprint density at radius 2 is 1.74 bits per heavy atom. The van der Waals surface area contributed by atoms with E-state index < -0.39 is 16.1 Å². The lowest BCUT2D eigenvalue weighted by Gasteiger charge is -2.31. The van der Waals surface area contributed by atoms with E-state index in [9.17, 15) is 18.0 Å². The van der Waals surface area contributed by atoms with Gasteiger partial charge >= 0.3 is 0 Å². The predicted molar refractivity (Wildman–Crippen MR) is 148 cm³/mol. The number of rotatable bonds is 14. The van der Waals surface area contributed by atoms with Crippen LogP contribution < -0.4 is 19.1 Å². The van der Waals surface area contributed by atoms with Gasteiger partial charge in [0.1, 0.15) is 6.04 Å². The molecule has 1 aliphatic heterocycles. The van der Waals surface area contributed by atoms with Gasteiger partial charge in [-0.2, -0.15) is 0 Å². The maximum atomic E-state index is 13.5. The number of nitrogens with one attached hydrogen (secondary N) is 1. The third kappa shape index (κ3) is 7.86. The molecule has 9 nitrogen and oxygen atoms in total. The van der Waals surface area contributed by atoms with E-state index in [1.807, 2.05) is 38.1 Å². The van der Waals surface area contributed by atoms with Crippen LogP contribution in [0.2, 0.25) is 0 Å². The molecular formula is C28H39N3O6S. The van der Waals surface area contributed by atoms with Crippen LogP contribution in [0.4, 0.5) is 5.69 Å². The molecule has 3 rings (SSSR count). The van der Waals surface area contributed by atoms with Crippen molar-refractivity contribution in [2.75, 3.05) is 30.4 Å². The van der Waals surface area contributed by atoms with E-state index in [0.29, 0.717) is 43.1 Å².